The molecular weight excluding hydrogens is 276 g/mol. The summed E-state index contributed by atoms with van der Waals surface area (Å²) in [6.45, 7) is 3.01. The van der Waals surface area contributed by atoms with Gasteiger partial charge in [0.2, 0.25) is 0 Å². The van der Waals surface area contributed by atoms with Gasteiger partial charge in [0.05, 0.1) is 13.7 Å². The van der Waals surface area contributed by atoms with Gasteiger partial charge in [-0.05, 0) is 43.4 Å². The molecule has 0 saturated carbocycles. The Morgan fingerprint density at radius 3 is 2.75 bits per heavy atom. The molecule has 0 atom stereocenters. The zero-order chi connectivity index (χ0) is 14.5. The summed E-state index contributed by atoms with van der Waals surface area (Å²) in [5.41, 5.74) is 0.572. The number of amides is 1. The van der Waals surface area contributed by atoms with Crippen LogP contribution in [0.15, 0.2) is 24.3 Å². The molecule has 2 aromatic rings. The second kappa shape index (κ2) is 6.33. The minimum atomic E-state index is -0.163. The molecule has 20 heavy (non-hydrogen) atoms. The third-order valence-corrected chi connectivity index (χ3v) is 3.22. The lowest BCUT2D eigenvalue weighted by Crippen LogP contribution is -2.24. The smallest absolute Gasteiger partial charge is 0.251 e. The number of H-pyrrole nitrogens is 1. The Kier molecular flexibility index (Phi) is 4.52. The molecule has 1 heterocycles. The molecule has 1 amide bonds. The van der Waals surface area contributed by atoms with E-state index in [1.54, 1.807) is 31.4 Å². The van der Waals surface area contributed by atoms with Crippen LogP contribution in [0, 0.1) is 4.77 Å². The van der Waals surface area contributed by atoms with Gasteiger partial charge in [-0.1, -0.05) is 0 Å². The van der Waals surface area contributed by atoms with E-state index in [2.05, 4.69) is 15.5 Å². The normalized spacial score (nSPS) is 10.3. The van der Waals surface area contributed by atoms with E-state index in [-0.39, 0.29) is 5.91 Å². The van der Waals surface area contributed by atoms with Crippen molar-refractivity contribution in [2.45, 2.75) is 20.0 Å². The number of benzene rings is 1. The fraction of sp³-hybridized carbons (Fsp3) is 0.308. The zero-order valence-electron chi connectivity index (χ0n) is 11.3. The van der Waals surface area contributed by atoms with E-state index in [1.807, 2.05) is 11.5 Å². The van der Waals surface area contributed by atoms with Gasteiger partial charge in [0.1, 0.15) is 5.75 Å². The molecule has 1 aromatic carbocycles. The first kappa shape index (κ1) is 14.3. The molecule has 0 saturated heterocycles. The van der Waals surface area contributed by atoms with Crippen molar-refractivity contribution in [3.8, 4) is 5.75 Å². The number of nitrogens with one attached hydrogen (secondary N) is 2. The molecule has 0 radical (unpaired) electrons. The number of nitrogens with zero attached hydrogens (tertiary/aromatic N) is 2. The van der Waals surface area contributed by atoms with Crippen LogP contribution in [0.3, 0.4) is 0 Å². The topological polar surface area (TPSA) is 71.9 Å². The predicted octanol–water partition coefficient (Wildman–Crippen LogP) is 1.90. The van der Waals surface area contributed by atoms with E-state index in [0.717, 1.165) is 0 Å². The minimum absolute atomic E-state index is 0.163. The first-order chi connectivity index (χ1) is 9.65. The second-order valence-electron chi connectivity index (χ2n) is 4.10. The quantitative estimate of drug-likeness (QED) is 0.826. The Balaban J connectivity index is 2.02. The monoisotopic (exact) mass is 292 g/mol. The van der Waals surface area contributed by atoms with Gasteiger partial charge < -0.3 is 14.6 Å². The van der Waals surface area contributed by atoms with Crippen LogP contribution in [0.1, 0.15) is 23.1 Å². The van der Waals surface area contributed by atoms with Crippen molar-refractivity contribution in [2.75, 3.05) is 7.11 Å². The second-order valence-corrected chi connectivity index (χ2v) is 4.49. The number of rotatable bonds is 5. The highest BCUT2D eigenvalue weighted by molar-refractivity contribution is 7.71. The van der Waals surface area contributed by atoms with Crippen molar-refractivity contribution in [3.63, 3.8) is 0 Å². The molecule has 0 aliphatic carbocycles. The van der Waals surface area contributed by atoms with Crippen molar-refractivity contribution >= 4 is 18.1 Å². The Labute approximate surface area is 121 Å². The highest BCUT2D eigenvalue weighted by atomic mass is 32.1. The van der Waals surface area contributed by atoms with Gasteiger partial charge in [0.15, 0.2) is 10.6 Å². The minimum Gasteiger partial charge on any atom is -0.497 e. The predicted molar refractivity (Wildman–Crippen MR) is 77.2 cm³/mol. The summed E-state index contributed by atoms with van der Waals surface area (Å²) < 4.78 is 7.44. The van der Waals surface area contributed by atoms with Gasteiger partial charge >= 0.3 is 0 Å². The van der Waals surface area contributed by atoms with Crippen LogP contribution in [-0.2, 0) is 13.1 Å². The average Bonchev–Trinajstić information content (AvgIpc) is 2.85. The summed E-state index contributed by atoms with van der Waals surface area (Å²) in [5, 5.41) is 9.62. The average molecular weight is 292 g/mol. The maximum absolute atomic E-state index is 12.0. The van der Waals surface area contributed by atoms with Gasteiger partial charge in [-0.15, -0.1) is 0 Å². The molecular formula is C13H16N4O2S. The van der Waals surface area contributed by atoms with Crippen LogP contribution in [-0.4, -0.2) is 27.8 Å². The van der Waals surface area contributed by atoms with E-state index >= 15 is 0 Å². The van der Waals surface area contributed by atoms with Gasteiger partial charge in [-0.25, -0.2) is 0 Å². The summed E-state index contributed by atoms with van der Waals surface area (Å²) >= 11 is 5.09. The van der Waals surface area contributed by atoms with E-state index < -0.39 is 0 Å². The molecule has 6 nitrogen and oxygen atoms in total. The number of aromatic amines is 1. The fourth-order valence-electron chi connectivity index (χ4n) is 1.82. The van der Waals surface area contributed by atoms with Crippen LogP contribution in [0.5, 0.6) is 5.75 Å². The molecule has 2 N–H and O–H groups in total. The number of aromatic nitrogens is 3. The Bertz CT molecular complexity index is 645. The van der Waals surface area contributed by atoms with Crippen LogP contribution in [0.25, 0.3) is 0 Å². The maximum Gasteiger partial charge on any atom is 0.251 e. The van der Waals surface area contributed by atoms with Gasteiger partial charge in [-0.3, -0.25) is 9.89 Å². The Morgan fingerprint density at radius 2 is 2.15 bits per heavy atom. The first-order valence-electron chi connectivity index (χ1n) is 6.22. The van der Waals surface area contributed by atoms with E-state index in [1.165, 1.54) is 0 Å². The van der Waals surface area contributed by atoms with Crippen LogP contribution < -0.4 is 10.1 Å². The van der Waals surface area contributed by atoms with Crippen molar-refractivity contribution in [1.82, 2.24) is 20.1 Å². The molecule has 0 aliphatic heterocycles. The molecule has 2 rings (SSSR count). The van der Waals surface area contributed by atoms with Crippen LogP contribution in [0.4, 0.5) is 0 Å². The fourth-order valence-corrected chi connectivity index (χ4v) is 2.10. The number of ether oxygens (including phenoxy) is 1. The van der Waals surface area contributed by atoms with Crippen molar-refractivity contribution in [2.24, 2.45) is 0 Å². The molecule has 0 fully saturated rings. The van der Waals surface area contributed by atoms with Gasteiger partial charge in [0, 0.05) is 12.1 Å². The molecule has 0 spiro atoms. The Morgan fingerprint density at radius 1 is 1.45 bits per heavy atom. The molecule has 0 unspecified atom stereocenters. The lowest BCUT2D eigenvalue weighted by molar-refractivity contribution is 0.0949. The summed E-state index contributed by atoms with van der Waals surface area (Å²) in [6.07, 6.45) is 0. The standard InChI is InChI=1S/C13H16N4O2S/c1-3-17-11(15-16-13(17)20)8-14-12(18)9-4-6-10(19-2)7-5-9/h4-7H,3,8H2,1-2H3,(H,14,18)(H,16,20). The molecule has 0 bridgehead atoms. The highest BCUT2D eigenvalue weighted by Gasteiger charge is 2.08. The summed E-state index contributed by atoms with van der Waals surface area (Å²) in [5.74, 6) is 1.26. The van der Waals surface area contributed by atoms with Crippen LogP contribution >= 0.6 is 12.2 Å². The first-order valence-corrected chi connectivity index (χ1v) is 6.63. The Hall–Kier alpha value is -2.15. The van der Waals surface area contributed by atoms with Crippen molar-refractivity contribution < 1.29 is 9.53 Å². The summed E-state index contributed by atoms with van der Waals surface area (Å²) in [6, 6.07) is 6.92. The van der Waals surface area contributed by atoms with Crippen molar-refractivity contribution in [3.05, 3.63) is 40.4 Å². The lowest BCUT2D eigenvalue weighted by Gasteiger charge is -2.06. The molecule has 106 valence electrons. The molecule has 7 heteroatoms. The highest BCUT2D eigenvalue weighted by Crippen LogP contribution is 2.11. The van der Waals surface area contributed by atoms with Gasteiger partial charge in [0.25, 0.3) is 5.91 Å². The number of carbonyl (C=O) groups excluding carboxylic acids is 1. The third-order valence-electron chi connectivity index (χ3n) is 2.91. The van der Waals surface area contributed by atoms with E-state index in [4.69, 9.17) is 17.0 Å². The largest absolute Gasteiger partial charge is 0.497 e. The summed E-state index contributed by atoms with van der Waals surface area (Å²) in [7, 11) is 1.59. The van der Waals surface area contributed by atoms with Gasteiger partial charge in [-0.2, -0.15) is 5.10 Å². The number of carbonyl (C=O) groups is 1. The van der Waals surface area contributed by atoms with Crippen LogP contribution in [0.2, 0.25) is 0 Å². The number of methoxy groups -OCH3 is 1. The van der Waals surface area contributed by atoms with E-state index in [0.29, 0.717) is 35.0 Å². The lowest BCUT2D eigenvalue weighted by atomic mass is 10.2. The molecule has 1 aromatic heterocycles. The van der Waals surface area contributed by atoms with E-state index in [9.17, 15) is 4.79 Å². The summed E-state index contributed by atoms with van der Waals surface area (Å²) in [4.78, 5) is 12.0. The molecule has 0 aliphatic rings. The number of hydrogen-bond donors (Lipinski definition) is 2. The number of hydrogen-bond acceptors (Lipinski definition) is 4. The SMILES string of the molecule is CCn1c(CNC(=O)c2ccc(OC)cc2)n[nH]c1=S. The maximum atomic E-state index is 12.0. The third kappa shape index (κ3) is 3.05. The zero-order valence-corrected chi connectivity index (χ0v) is 12.2. The van der Waals surface area contributed by atoms with Crippen molar-refractivity contribution in [1.29, 1.82) is 0 Å².